The Morgan fingerprint density at radius 1 is 1.32 bits per heavy atom. The van der Waals surface area contributed by atoms with Crippen molar-refractivity contribution in [3.05, 3.63) is 27.4 Å². The van der Waals surface area contributed by atoms with Crippen molar-refractivity contribution >= 4 is 39.7 Å². The maximum atomic E-state index is 11.4. The van der Waals surface area contributed by atoms with Gasteiger partial charge in [-0.25, -0.2) is 0 Å². The van der Waals surface area contributed by atoms with Gasteiger partial charge in [-0.2, -0.15) is 0 Å². The summed E-state index contributed by atoms with van der Waals surface area (Å²) in [5, 5.41) is 22.1. The van der Waals surface area contributed by atoms with E-state index < -0.39 is 5.97 Å². The number of thiophene rings is 1. The molecule has 0 radical (unpaired) electrons. The fourth-order valence-corrected chi connectivity index (χ4v) is 2.92. The van der Waals surface area contributed by atoms with Gasteiger partial charge in [-0.15, -0.1) is 21.5 Å². The summed E-state index contributed by atoms with van der Waals surface area (Å²) >= 11 is 2.94. The zero-order chi connectivity index (χ0) is 13.7. The molecule has 100 valence electrons. The van der Waals surface area contributed by atoms with E-state index in [1.807, 2.05) is 17.5 Å². The molecule has 2 heterocycles. The molecule has 6 nitrogen and oxygen atoms in total. The summed E-state index contributed by atoms with van der Waals surface area (Å²) in [7, 11) is 0. The van der Waals surface area contributed by atoms with E-state index >= 15 is 0 Å². The second-order valence-corrected chi connectivity index (χ2v) is 5.79. The minimum absolute atomic E-state index is 0.0603. The van der Waals surface area contributed by atoms with Gasteiger partial charge in [0.1, 0.15) is 5.01 Å². The molecule has 0 fully saturated rings. The first-order valence-corrected chi connectivity index (χ1v) is 7.19. The van der Waals surface area contributed by atoms with E-state index in [-0.39, 0.29) is 18.7 Å². The van der Waals surface area contributed by atoms with Crippen molar-refractivity contribution in [2.45, 2.75) is 19.3 Å². The van der Waals surface area contributed by atoms with Crippen LogP contribution in [0.2, 0.25) is 0 Å². The van der Waals surface area contributed by atoms with E-state index in [9.17, 15) is 9.59 Å². The molecule has 2 aromatic rings. The van der Waals surface area contributed by atoms with Crippen LogP contribution in [-0.2, 0) is 16.0 Å². The van der Waals surface area contributed by atoms with E-state index in [1.54, 1.807) is 11.3 Å². The second-order valence-electron chi connectivity index (χ2n) is 3.70. The quantitative estimate of drug-likeness (QED) is 0.850. The number of carbonyl (C=O) groups excluding carboxylic acids is 1. The molecule has 0 unspecified atom stereocenters. The van der Waals surface area contributed by atoms with Crippen LogP contribution in [0, 0.1) is 0 Å². The van der Waals surface area contributed by atoms with Crippen molar-refractivity contribution < 1.29 is 14.7 Å². The Labute approximate surface area is 117 Å². The lowest BCUT2D eigenvalue weighted by Gasteiger charge is -1.97. The van der Waals surface area contributed by atoms with E-state index in [2.05, 4.69) is 15.5 Å². The van der Waals surface area contributed by atoms with Crippen LogP contribution in [0.5, 0.6) is 0 Å². The Balaban J connectivity index is 1.86. The second kappa shape index (κ2) is 6.39. The first-order chi connectivity index (χ1) is 9.13. The number of rotatable bonds is 6. The number of aromatic nitrogens is 2. The Kier molecular flexibility index (Phi) is 4.58. The van der Waals surface area contributed by atoms with Crippen LogP contribution in [0.25, 0.3) is 0 Å². The van der Waals surface area contributed by atoms with E-state index in [4.69, 9.17) is 5.11 Å². The molecule has 0 aromatic carbocycles. The molecule has 2 aromatic heterocycles. The van der Waals surface area contributed by atoms with Crippen LogP contribution in [0.1, 0.15) is 22.7 Å². The first kappa shape index (κ1) is 13.6. The summed E-state index contributed by atoms with van der Waals surface area (Å²) in [6.07, 6.45) is 0.447. The van der Waals surface area contributed by atoms with Crippen LogP contribution in [0.15, 0.2) is 17.5 Å². The topological polar surface area (TPSA) is 92.2 Å². The highest BCUT2D eigenvalue weighted by Crippen LogP contribution is 2.20. The Morgan fingerprint density at radius 2 is 2.16 bits per heavy atom. The molecule has 0 aliphatic heterocycles. The zero-order valence-electron chi connectivity index (χ0n) is 9.83. The molecule has 2 rings (SSSR count). The first-order valence-electron chi connectivity index (χ1n) is 5.50. The highest BCUT2D eigenvalue weighted by atomic mass is 32.1. The standard InChI is InChI=1S/C11H11N3O3S2/c15-8(3-4-10(16)17)12-11-14-13-9(19-11)6-7-2-1-5-18-7/h1-2,5H,3-4,6H2,(H,16,17)(H,12,14,15). The SMILES string of the molecule is O=C(O)CCC(=O)Nc1nnc(Cc2cccs2)s1. The Hall–Kier alpha value is -1.80. The number of nitrogens with one attached hydrogen (secondary N) is 1. The van der Waals surface area contributed by atoms with Gasteiger partial charge in [0.15, 0.2) is 0 Å². The lowest BCUT2D eigenvalue weighted by atomic mass is 10.3. The number of carbonyl (C=O) groups is 2. The van der Waals surface area contributed by atoms with Gasteiger partial charge >= 0.3 is 5.97 Å². The number of carboxylic acids is 1. The molecule has 0 aliphatic carbocycles. The third-order valence-electron chi connectivity index (χ3n) is 2.18. The number of aliphatic carboxylic acids is 1. The van der Waals surface area contributed by atoms with Crippen LogP contribution in [0.4, 0.5) is 5.13 Å². The van der Waals surface area contributed by atoms with Gasteiger partial charge < -0.3 is 10.4 Å². The summed E-state index contributed by atoms with van der Waals surface area (Å²) < 4.78 is 0. The normalized spacial score (nSPS) is 10.3. The molecule has 0 saturated heterocycles. The smallest absolute Gasteiger partial charge is 0.303 e. The van der Waals surface area contributed by atoms with Gasteiger partial charge in [0, 0.05) is 17.7 Å². The van der Waals surface area contributed by atoms with E-state index in [0.717, 1.165) is 5.01 Å². The Bertz CT molecular complexity index is 566. The van der Waals surface area contributed by atoms with Crippen molar-refractivity contribution in [3.8, 4) is 0 Å². The minimum atomic E-state index is -0.995. The molecule has 0 aliphatic rings. The monoisotopic (exact) mass is 297 g/mol. The van der Waals surface area contributed by atoms with Crippen molar-refractivity contribution in [1.82, 2.24) is 10.2 Å². The minimum Gasteiger partial charge on any atom is -0.481 e. The van der Waals surface area contributed by atoms with Gasteiger partial charge in [0.25, 0.3) is 0 Å². The summed E-state index contributed by atoms with van der Waals surface area (Å²) in [5.74, 6) is -1.35. The third-order valence-corrected chi connectivity index (χ3v) is 3.90. The summed E-state index contributed by atoms with van der Waals surface area (Å²) in [4.78, 5) is 22.9. The van der Waals surface area contributed by atoms with Gasteiger partial charge in [-0.1, -0.05) is 17.4 Å². The highest BCUT2D eigenvalue weighted by molar-refractivity contribution is 7.15. The molecule has 0 bridgehead atoms. The maximum Gasteiger partial charge on any atom is 0.303 e. The van der Waals surface area contributed by atoms with Gasteiger partial charge in [0.2, 0.25) is 11.0 Å². The number of amides is 1. The molecular weight excluding hydrogens is 286 g/mol. The van der Waals surface area contributed by atoms with Crippen molar-refractivity contribution in [2.75, 3.05) is 5.32 Å². The Morgan fingerprint density at radius 3 is 2.84 bits per heavy atom. The average Bonchev–Trinajstić information content (AvgIpc) is 2.99. The molecule has 0 spiro atoms. The third kappa shape index (κ3) is 4.42. The molecular formula is C11H11N3O3S2. The van der Waals surface area contributed by atoms with E-state index in [1.165, 1.54) is 16.2 Å². The van der Waals surface area contributed by atoms with E-state index in [0.29, 0.717) is 11.6 Å². The molecule has 19 heavy (non-hydrogen) atoms. The largest absolute Gasteiger partial charge is 0.481 e. The van der Waals surface area contributed by atoms with Crippen LogP contribution in [-0.4, -0.2) is 27.2 Å². The van der Waals surface area contributed by atoms with Crippen molar-refractivity contribution in [2.24, 2.45) is 0 Å². The number of hydrogen-bond acceptors (Lipinski definition) is 6. The molecule has 1 amide bonds. The molecule has 0 atom stereocenters. The fourth-order valence-electron chi connectivity index (χ4n) is 1.34. The van der Waals surface area contributed by atoms with Crippen LogP contribution >= 0.6 is 22.7 Å². The fraction of sp³-hybridized carbons (Fsp3) is 0.273. The van der Waals surface area contributed by atoms with Gasteiger partial charge in [-0.3, -0.25) is 9.59 Å². The van der Waals surface area contributed by atoms with Crippen molar-refractivity contribution in [3.63, 3.8) is 0 Å². The number of anilines is 1. The summed E-state index contributed by atoms with van der Waals surface area (Å²) in [6, 6.07) is 3.98. The molecule has 2 N–H and O–H groups in total. The lowest BCUT2D eigenvalue weighted by Crippen LogP contribution is -2.12. The molecule has 0 saturated carbocycles. The van der Waals surface area contributed by atoms with Crippen molar-refractivity contribution in [1.29, 1.82) is 0 Å². The summed E-state index contributed by atoms with van der Waals surface area (Å²) in [5.41, 5.74) is 0. The molecule has 8 heteroatoms. The zero-order valence-corrected chi connectivity index (χ0v) is 11.5. The number of carboxylic acid groups (broad SMARTS) is 1. The lowest BCUT2D eigenvalue weighted by molar-refractivity contribution is -0.138. The maximum absolute atomic E-state index is 11.4. The predicted molar refractivity (Wildman–Crippen MR) is 72.5 cm³/mol. The summed E-state index contributed by atoms with van der Waals surface area (Å²) in [6.45, 7) is 0. The van der Waals surface area contributed by atoms with Crippen LogP contribution in [0.3, 0.4) is 0 Å². The predicted octanol–water partition coefficient (Wildman–Crippen LogP) is 1.99. The van der Waals surface area contributed by atoms with Gasteiger partial charge in [-0.05, 0) is 11.4 Å². The van der Waals surface area contributed by atoms with Gasteiger partial charge in [0.05, 0.1) is 6.42 Å². The average molecular weight is 297 g/mol. The number of hydrogen-bond donors (Lipinski definition) is 2. The number of nitrogens with zero attached hydrogens (tertiary/aromatic N) is 2. The van der Waals surface area contributed by atoms with Crippen LogP contribution < -0.4 is 5.32 Å². The highest BCUT2D eigenvalue weighted by Gasteiger charge is 2.10.